The third-order valence-electron chi connectivity index (χ3n) is 4.47. The van der Waals surface area contributed by atoms with Gasteiger partial charge in [-0.2, -0.15) is 0 Å². The van der Waals surface area contributed by atoms with E-state index in [4.69, 9.17) is 4.42 Å². The molecule has 0 aliphatic carbocycles. The minimum absolute atomic E-state index is 0.565. The SMILES string of the molecule is CCc1sc(-c2nnc(CSc3nnc(Cc4ccccc4)n3C)o2)cc1C. The van der Waals surface area contributed by atoms with Crippen LogP contribution in [0.15, 0.2) is 46.0 Å². The molecule has 0 atom stereocenters. The highest BCUT2D eigenvalue weighted by Gasteiger charge is 2.15. The van der Waals surface area contributed by atoms with Gasteiger partial charge < -0.3 is 8.98 Å². The summed E-state index contributed by atoms with van der Waals surface area (Å²) in [7, 11) is 1.99. The Labute approximate surface area is 172 Å². The molecule has 6 nitrogen and oxygen atoms in total. The first-order valence-corrected chi connectivity index (χ1v) is 10.9. The summed E-state index contributed by atoms with van der Waals surface area (Å²) in [6, 6.07) is 12.4. The van der Waals surface area contributed by atoms with Crippen molar-refractivity contribution < 1.29 is 4.42 Å². The Morgan fingerprint density at radius 1 is 1.11 bits per heavy atom. The lowest BCUT2D eigenvalue weighted by molar-refractivity contribution is 0.529. The van der Waals surface area contributed by atoms with Crippen molar-refractivity contribution in [1.29, 1.82) is 0 Å². The number of aromatic nitrogens is 5. The van der Waals surface area contributed by atoms with Gasteiger partial charge in [-0.15, -0.1) is 31.7 Å². The number of rotatable bonds is 7. The fourth-order valence-corrected chi connectivity index (χ4v) is 4.72. The molecular formula is C20H21N5OS2. The molecular weight excluding hydrogens is 390 g/mol. The summed E-state index contributed by atoms with van der Waals surface area (Å²) in [6.07, 6.45) is 1.78. The molecule has 0 radical (unpaired) electrons. The smallest absolute Gasteiger partial charge is 0.257 e. The average Bonchev–Trinajstić information content (AvgIpc) is 3.41. The second-order valence-corrected chi connectivity index (χ2v) is 8.56. The van der Waals surface area contributed by atoms with E-state index in [9.17, 15) is 0 Å². The molecule has 0 unspecified atom stereocenters. The largest absolute Gasteiger partial charge is 0.419 e. The second kappa shape index (κ2) is 8.28. The van der Waals surface area contributed by atoms with E-state index >= 15 is 0 Å². The third kappa shape index (κ3) is 4.02. The topological polar surface area (TPSA) is 69.6 Å². The highest BCUT2D eigenvalue weighted by atomic mass is 32.2. The van der Waals surface area contributed by atoms with E-state index < -0.39 is 0 Å². The molecule has 144 valence electrons. The van der Waals surface area contributed by atoms with E-state index in [1.54, 1.807) is 23.1 Å². The first-order valence-electron chi connectivity index (χ1n) is 9.11. The first kappa shape index (κ1) is 18.9. The van der Waals surface area contributed by atoms with Gasteiger partial charge in [0.1, 0.15) is 5.82 Å². The lowest BCUT2D eigenvalue weighted by Gasteiger charge is -2.03. The van der Waals surface area contributed by atoms with Gasteiger partial charge in [-0.25, -0.2) is 0 Å². The molecule has 0 aliphatic heterocycles. The highest BCUT2D eigenvalue weighted by Crippen LogP contribution is 2.31. The van der Waals surface area contributed by atoms with Crippen LogP contribution in [-0.2, 0) is 25.6 Å². The molecule has 0 amide bonds. The van der Waals surface area contributed by atoms with Crippen molar-refractivity contribution in [2.24, 2.45) is 7.05 Å². The van der Waals surface area contributed by atoms with Crippen LogP contribution in [0.5, 0.6) is 0 Å². The molecule has 0 N–H and O–H groups in total. The molecule has 0 aliphatic rings. The van der Waals surface area contributed by atoms with Crippen molar-refractivity contribution >= 4 is 23.1 Å². The van der Waals surface area contributed by atoms with Crippen LogP contribution in [0.2, 0.25) is 0 Å². The maximum absolute atomic E-state index is 5.86. The Morgan fingerprint density at radius 3 is 2.68 bits per heavy atom. The van der Waals surface area contributed by atoms with E-state index in [0.717, 1.165) is 28.7 Å². The van der Waals surface area contributed by atoms with Gasteiger partial charge in [-0.05, 0) is 30.5 Å². The predicted molar refractivity (Wildman–Crippen MR) is 112 cm³/mol. The molecule has 4 aromatic rings. The highest BCUT2D eigenvalue weighted by molar-refractivity contribution is 7.98. The Bertz CT molecular complexity index is 1070. The van der Waals surface area contributed by atoms with E-state index in [0.29, 0.717) is 17.5 Å². The molecule has 1 aromatic carbocycles. The van der Waals surface area contributed by atoms with Crippen molar-refractivity contribution in [3.63, 3.8) is 0 Å². The quantitative estimate of drug-likeness (QED) is 0.411. The summed E-state index contributed by atoms with van der Waals surface area (Å²) < 4.78 is 7.88. The summed E-state index contributed by atoms with van der Waals surface area (Å²) in [5.41, 5.74) is 2.50. The molecule has 8 heteroatoms. The number of hydrogen-bond donors (Lipinski definition) is 0. The predicted octanol–water partition coefficient (Wildman–Crippen LogP) is 4.68. The lowest BCUT2D eigenvalue weighted by atomic mass is 10.1. The number of benzene rings is 1. The first-order chi connectivity index (χ1) is 13.6. The van der Waals surface area contributed by atoms with Gasteiger partial charge >= 0.3 is 0 Å². The number of thioether (sulfide) groups is 1. The molecule has 0 fully saturated rings. The van der Waals surface area contributed by atoms with Gasteiger partial charge in [-0.3, -0.25) is 0 Å². The van der Waals surface area contributed by atoms with Crippen LogP contribution in [0.3, 0.4) is 0 Å². The van der Waals surface area contributed by atoms with Crippen LogP contribution >= 0.6 is 23.1 Å². The molecule has 0 saturated heterocycles. The average molecular weight is 412 g/mol. The number of aryl methyl sites for hydroxylation is 2. The van der Waals surface area contributed by atoms with Crippen molar-refractivity contribution in [3.05, 3.63) is 64.1 Å². The maximum atomic E-state index is 5.86. The molecule has 3 heterocycles. The summed E-state index contributed by atoms with van der Waals surface area (Å²) in [4.78, 5) is 2.39. The van der Waals surface area contributed by atoms with Crippen LogP contribution in [0.1, 0.15) is 34.6 Å². The lowest BCUT2D eigenvalue weighted by Crippen LogP contribution is -2.00. The van der Waals surface area contributed by atoms with Crippen molar-refractivity contribution in [3.8, 4) is 10.8 Å². The summed E-state index contributed by atoms with van der Waals surface area (Å²) in [5.74, 6) is 2.68. The minimum atomic E-state index is 0.565. The summed E-state index contributed by atoms with van der Waals surface area (Å²) >= 11 is 3.27. The van der Waals surface area contributed by atoms with Crippen LogP contribution in [-0.4, -0.2) is 25.0 Å². The normalized spacial score (nSPS) is 11.2. The summed E-state index contributed by atoms with van der Waals surface area (Å²) in [5, 5.41) is 17.9. The van der Waals surface area contributed by atoms with Crippen LogP contribution in [0.25, 0.3) is 10.8 Å². The van der Waals surface area contributed by atoms with Crippen LogP contribution in [0, 0.1) is 6.92 Å². The third-order valence-corrected chi connectivity index (χ3v) is 6.85. The monoisotopic (exact) mass is 411 g/mol. The molecule has 28 heavy (non-hydrogen) atoms. The van der Waals surface area contributed by atoms with Gasteiger partial charge in [0.2, 0.25) is 5.89 Å². The maximum Gasteiger partial charge on any atom is 0.257 e. The van der Waals surface area contributed by atoms with Crippen molar-refractivity contribution in [2.45, 2.75) is 37.6 Å². The van der Waals surface area contributed by atoms with Crippen LogP contribution < -0.4 is 0 Å². The number of thiophene rings is 1. The standard InChI is InChI=1S/C20H21N5OS2/c1-4-15-13(2)10-16(28-15)19-23-22-18(26-19)12-27-20-24-21-17(25(20)3)11-14-8-6-5-7-9-14/h5-10H,4,11-12H2,1-3H3. The zero-order valence-corrected chi connectivity index (χ0v) is 17.7. The van der Waals surface area contributed by atoms with Gasteiger partial charge in [-0.1, -0.05) is 49.0 Å². The van der Waals surface area contributed by atoms with E-state index in [-0.39, 0.29) is 0 Å². The van der Waals surface area contributed by atoms with Crippen molar-refractivity contribution in [1.82, 2.24) is 25.0 Å². The van der Waals surface area contributed by atoms with Crippen molar-refractivity contribution in [2.75, 3.05) is 0 Å². The second-order valence-electron chi connectivity index (χ2n) is 6.48. The van der Waals surface area contributed by atoms with Gasteiger partial charge in [0.15, 0.2) is 5.16 Å². The molecule has 0 spiro atoms. The Hall–Kier alpha value is -2.45. The summed E-state index contributed by atoms with van der Waals surface area (Å²) in [6.45, 7) is 4.28. The van der Waals surface area contributed by atoms with Gasteiger partial charge in [0.05, 0.1) is 10.6 Å². The number of hydrogen-bond acceptors (Lipinski definition) is 7. The number of nitrogens with zero attached hydrogens (tertiary/aromatic N) is 5. The molecule has 3 aromatic heterocycles. The van der Waals surface area contributed by atoms with E-state index in [1.807, 2.05) is 29.8 Å². The molecule has 0 bridgehead atoms. The Morgan fingerprint density at radius 2 is 1.93 bits per heavy atom. The zero-order valence-electron chi connectivity index (χ0n) is 16.0. The Kier molecular flexibility index (Phi) is 5.59. The van der Waals surface area contributed by atoms with E-state index in [2.05, 4.69) is 52.4 Å². The van der Waals surface area contributed by atoms with Gasteiger partial charge in [0, 0.05) is 18.3 Å². The molecule has 0 saturated carbocycles. The Balaban J connectivity index is 1.42. The van der Waals surface area contributed by atoms with Gasteiger partial charge in [0.25, 0.3) is 5.89 Å². The zero-order chi connectivity index (χ0) is 19.5. The fourth-order valence-electron chi connectivity index (χ4n) is 2.92. The van der Waals surface area contributed by atoms with E-state index in [1.165, 1.54) is 16.0 Å². The van der Waals surface area contributed by atoms with Crippen LogP contribution in [0.4, 0.5) is 0 Å². The fraction of sp³-hybridized carbons (Fsp3) is 0.300. The molecule has 4 rings (SSSR count). The minimum Gasteiger partial charge on any atom is -0.419 e.